The molecule has 28 heavy (non-hydrogen) atoms. The van der Waals surface area contributed by atoms with Crippen LogP contribution in [0.25, 0.3) is 11.4 Å². The summed E-state index contributed by atoms with van der Waals surface area (Å²) in [5.41, 5.74) is 2.84. The molecule has 0 unspecified atom stereocenters. The van der Waals surface area contributed by atoms with E-state index in [0.29, 0.717) is 6.42 Å². The molecular weight excluding hydrogens is 352 g/mol. The lowest BCUT2D eigenvalue weighted by atomic mass is 10.1. The summed E-state index contributed by atoms with van der Waals surface area (Å²) in [4.78, 5) is 12.6. The number of aryl methyl sites for hydroxylation is 1. The van der Waals surface area contributed by atoms with Crippen LogP contribution in [0.2, 0.25) is 0 Å². The third kappa shape index (κ3) is 3.15. The van der Waals surface area contributed by atoms with Crippen molar-refractivity contribution in [3.8, 4) is 17.1 Å². The molecule has 0 aliphatic carbocycles. The van der Waals surface area contributed by atoms with Crippen molar-refractivity contribution in [1.29, 1.82) is 0 Å². The van der Waals surface area contributed by atoms with Crippen molar-refractivity contribution in [3.63, 3.8) is 0 Å². The molecule has 5 rings (SSSR count). The summed E-state index contributed by atoms with van der Waals surface area (Å²) in [6, 6.07) is 15.6. The third-order valence-corrected chi connectivity index (χ3v) is 5.46. The second kappa shape index (κ2) is 7.11. The van der Waals surface area contributed by atoms with Gasteiger partial charge in [0.1, 0.15) is 11.6 Å². The maximum Gasteiger partial charge on any atom is 0.265 e. The number of benzene rings is 2. The summed E-state index contributed by atoms with van der Waals surface area (Å²) in [7, 11) is 0. The quantitative estimate of drug-likeness (QED) is 0.760. The minimum Gasteiger partial charge on any atom is -0.480 e. The highest BCUT2D eigenvalue weighted by atomic mass is 16.5. The molecule has 6 nitrogen and oxygen atoms in total. The first-order valence-corrected chi connectivity index (χ1v) is 9.86. The molecule has 0 saturated carbocycles. The van der Waals surface area contributed by atoms with E-state index < -0.39 is 6.10 Å². The zero-order valence-electron chi connectivity index (χ0n) is 15.6. The fourth-order valence-corrected chi connectivity index (χ4v) is 3.95. The summed E-state index contributed by atoms with van der Waals surface area (Å²) in [6.45, 7) is 0.968. The van der Waals surface area contributed by atoms with Crippen molar-refractivity contribution in [2.24, 2.45) is 0 Å². The van der Waals surface area contributed by atoms with Crippen LogP contribution in [0, 0.1) is 0 Å². The number of rotatable bonds is 3. The van der Waals surface area contributed by atoms with Gasteiger partial charge >= 0.3 is 0 Å². The fourth-order valence-electron chi connectivity index (χ4n) is 3.95. The number of anilines is 1. The van der Waals surface area contributed by atoms with E-state index in [-0.39, 0.29) is 5.91 Å². The lowest BCUT2D eigenvalue weighted by molar-refractivity contribution is -0.122. The summed E-state index contributed by atoms with van der Waals surface area (Å²) < 4.78 is 7.99. The van der Waals surface area contributed by atoms with Gasteiger partial charge in [-0.1, -0.05) is 24.6 Å². The maximum atomic E-state index is 12.6. The van der Waals surface area contributed by atoms with Gasteiger partial charge in [0.2, 0.25) is 0 Å². The first-order valence-electron chi connectivity index (χ1n) is 9.86. The standard InChI is InChI=1S/C22H22N4O2/c27-22(19-14-16-6-3-4-7-18(16)28-19)23-17-11-9-15(10-12-17)21-25-24-20-8-2-1-5-13-26(20)21/h3-4,6-7,9-12,19H,1-2,5,8,13-14H2,(H,23,27)/t19-/m1/s1. The first-order chi connectivity index (χ1) is 13.8. The van der Waals surface area contributed by atoms with E-state index in [1.54, 1.807) is 0 Å². The number of nitrogens with zero attached hydrogens (tertiary/aromatic N) is 3. The minimum atomic E-state index is -0.482. The van der Waals surface area contributed by atoms with Crippen molar-refractivity contribution >= 4 is 11.6 Å². The Morgan fingerprint density at radius 1 is 1.04 bits per heavy atom. The van der Waals surface area contributed by atoms with Crippen molar-refractivity contribution in [2.45, 2.75) is 44.8 Å². The number of amides is 1. The molecule has 2 aliphatic rings. The Labute approximate surface area is 163 Å². The molecule has 1 N–H and O–H groups in total. The van der Waals surface area contributed by atoms with Crippen molar-refractivity contribution < 1.29 is 9.53 Å². The zero-order chi connectivity index (χ0) is 18.9. The Bertz CT molecular complexity index is 985. The van der Waals surface area contributed by atoms with E-state index in [4.69, 9.17) is 4.74 Å². The van der Waals surface area contributed by atoms with E-state index in [0.717, 1.165) is 53.6 Å². The molecule has 0 saturated heterocycles. The van der Waals surface area contributed by atoms with Gasteiger partial charge < -0.3 is 14.6 Å². The molecule has 0 radical (unpaired) electrons. The van der Waals surface area contributed by atoms with Crippen LogP contribution in [0.15, 0.2) is 48.5 Å². The SMILES string of the molecule is O=C(Nc1ccc(-c2nnc3n2CCCCC3)cc1)[C@H]1Cc2ccccc2O1. The van der Waals surface area contributed by atoms with Crippen LogP contribution in [0.4, 0.5) is 5.69 Å². The molecule has 0 spiro atoms. The normalized spacial score (nSPS) is 17.9. The van der Waals surface area contributed by atoms with Gasteiger partial charge in [0.15, 0.2) is 11.9 Å². The molecule has 0 bridgehead atoms. The van der Waals surface area contributed by atoms with Crippen LogP contribution < -0.4 is 10.1 Å². The molecule has 3 heterocycles. The number of carbonyl (C=O) groups excluding carboxylic acids is 1. The average molecular weight is 374 g/mol. The van der Waals surface area contributed by atoms with Gasteiger partial charge in [-0.3, -0.25) is 4.79 Å². The fraction of sp³-hybridized carbons (Fsp3) is 0.318. The highest BCUT2D eigenvalue weighted by Gasteiger charge is 2.28. The van der Waals surface area contributed by atoms with E-state index in [1.165, 1.54) is 12.8 Å². The number of carbonyl (C=O) groups is 1. The molecule has 2 aliphatic heterocycles. The van der Waals surface area contributed by atoms with Crippen LogP contribution in [0.1, 0.15) is 30.7 Å². The molecule has 0 fully saturated rings. The number of nitrogens with one attached hydrogen (secondary N) is 1. The smallest absolute Gasteiger partial charge is 0.265 e. The number of aromatic nitrogens is 3. The second-order valence-corrected chi connectivity index (χ2v) is 7.39. The topological polar surface area (TPSA) is 69.0 Å². The van der Waals surface area contributed by atoms with E-state index in [1.807, 2.05) is 48.5 Å². The lowest BCUT2D eigenvalue weighted by Crippen LogP contribution is -2.31. The minimum absolute atomic E-state index is 0.125. The van der Waals surface area contributed by atoms with Crippen molar-refractivity contribution in [3.05, 3.63) is 59.9 Å². The molecule has 1 aromatic heterocycles. The molecular formula is C22H22N4O2. The monoisotopic (exact) mass is 374 g/mol. The van der Waals surface area contributed by atoms with Gasteiger partial charge in [-0.25, -0.2) is 0 Å². The largest absolute Gasteiger partial charge is 0.480 e. The number of hydrogen-bond acceptors (Lipinski definition) is 4. The Kier molecular flexibility index (Phi) is 4.31. The van der Waals surface area contributed by atoms with Gasteiger partial charge in [-0.15, -0.1) is 10.2 Å². The first kappa shape index (κ1) is 17.0. The van der Waals surface area contributed by atoms with Crippen LogP contribution >= 0.6 is 0 Å². The molecule has 1 amide bonds. The van der Waals surface area contributed by atoms with Crippen molar-refractivity contribution in [1.82, 2.24) is 14.8 Å². The number of ether oxygens (including phenoxy) is 1. The Balaban J connectivity index is 1.29. The summed E-state index contributed by atoms with van der Waals surface area (Å²) >= 11 is 0. The number of hydrogen-bond donors (Lipinski definition) is 1. The Hall–Kier alpha value is -3.15. The van der Waals surface area contributed by atoms with Gasteiger partial charge in [0.05, 0.1) is 0 Å². The van der Waals surface area contributed by atoms with Crippen LogP contribution in [0.5, 0.6) is 5.75 Å². The molecule has 6 heteroatoms. The average Bonchev–Trinajstić information content (AvgIpc) is 3.26. The molecule has 142 valence electrons. The highest BCUT2D eigenvalue weighted by molar-refractivity contribution is 5.95. The van der Waals surface area contributed by atoms with E-state index >= 15 is 0 Å². The maximum absolute atomic E-state index is 12.6. The second-order valence-electron chi connectivity index (χ2n) is 7.39. The Morgan fingerprint density at radius 2 is 1.89 bits per heavy atom. The number of para-hydroxylation sites is 1. The summed E-state index contributed by atoms with van der Waals surface area (Å²) in [5, 5.41) is 11.7. The molecule has 3 aromatic rings. The molecule has 2 aromatic carbocycles. The summed E-state index contributed by atoms with van der Waals surface area (Å²) in [5.74, 6) is 2.65. The number of fused-ring (bicyclic) bond motifs is 2. The van der Waals surface area contributed by atoms with Crippen LogP contribution in [0.3, 0.4) is 0 Å². The highest BCUT2D eigenvalue weighted by Crippen LogP contribution is 2.29. The van der Waals surface area contributed by atoms with Gasteiger partial charge in [-0.2, -0.15) is 0 Å². The lowest BCUT2D eigenvalue weighted by Gasteiger charge is -2.12. The van der Waals surface area contributed by atoms with Crippen molar-refractivity contribution in [2.75, 3.05) is 5.32 Å². The third-order valence-electron chi connectivity index (χ3n) is 5.46. The van der Waals surface area contributed by atoms with Gasteiger partial charge in [0, 0.05) is 30.6 Å². The van der Waals surface area contributed by atoms with E-state index in [2.05, 4.69) is 20.1 Å². The predicted molar refractivity (Wildman–Crippen MR) is 106 cm³/mol. The molecule has 1 atom stereocenters. The van der Waals surface area contributed by atoms with Crippen LogP contribution in [-0.4, -0.2) is 26.8 Å². The van der Waals surface area contributed by atoms with Gasteiger partial charge in [0.25, 0.3) is 5.91 Å². The van der Waals surface area contributed by atoms with E-state index in [9.17, 15) is 4.79 Å². The summed E-state index contributed by atoms with van der Waals surface area (Å²) in [6.07, 6.45) is 4.69. The van der Waals surface area contributed by atoms with Gasteiger partial charge in [-0.05, 0) is 48.7 Å². The predicted octanol–water partition coefficient (Wildman–Crippen LogP) is 3.61. The Morgan fingerprint density at radius 3 is 2.75 bits per heavy atom. The zero-order valence-corrected chi connectivity index (χ0v) is 15.6. The van der Waals surface area contributed by atoms with Crippen LogP contribution in [-0.2, 0) is 24.2 Å².